The summed E-state index contributed by atoms with van der Waals surface area (Å²) in [6.45, 7) is 0. The molecule has 1 aromatic heterocycles. The average Bonchev–Trinajstić information content (AvgIpc) is 3.71. The normalized spacial score (nSPS) is 11.2. The van der Waals surface area contributed by atoms with Gasteiger partial charge in [-0.2, -0.15) is 0 Å². The Morgan fingerprint density at radius 3 is 1.44 bits per heavy atom. The molecule has 0 saturated carbocycles. The molecular weight excluding hydrogens is 749 g/mol. The van der Waals surface area contributed by atoms with Crippen molar-refractivity contribution in [3.8, 4) is 61.3 Å². The first-order valence-electron chi connectivity index (χ1n) is 21.3. The maximum absolute atomic E-state index is 2.44. The van der Waals surface area contributed by atoms with Gasteiger partial charge >= 0.3 is 0 Å². The zero-order chi connectivity index (χ0) is 41.2. The second-order valence-electron chi connectivity index (χ2n) is 15.7. The minimum atomic E-state index is 1.08. The standard InChI is InChI=1S/C60H42N2/c1-5-18-43(19-6-1)44-32-34-45(35-33-44)46-36-38-51(39-37-46)61(57-30-15-13-28-53(57)47-20-7-2-8-21-47)52-27-17-24-49(42-52)54-40-41-55(48-22-9-3-10-23-48)60-59(54)56-29-14-16-31-58(56)62(60)50-25-11-4-12-26-50/h1-42H. The Labute approximate surface area is 362 Å². The van der Waals surface area contributed by atoms with E-state index in [4.69, 9.17) is 0 Å². The highest BCUT2D eigenvalue weighted by Crippen LogP contribution is 2.46. The van der Waals surface area contributed by atoms with Gasteiger partial charge in [-0.1, -0.05) is 206 Å². The van der Waals surface area contributed by atoms with E-state index in [0.717, 1.165) is 28.3 Å². The number of rotatable bonds is 9. The predicted molar refractivity (Wildman–Crippen MR) is 263 cm³/mol. The first-order chi connectivity index (χ1) is 30.8. The Morgan fingerprint density at radius 2 is 0.774 bits per heavy atom. The number of para-hydroxylation sites is 3. The summed E-state index contributed by atoms with van der Waals surface area (Å²) in [5.41, 5.74) is 18.7. The summed E-state index contributed by atoms with van der Waals surface area (Å²) in [6.07, 6.45) is 0. The third-order valence-electron chi connectivity index (χ3n) is 12.0. The molecule has 2 nitrogen and oxygen atoms in total. The highest BCUT2D eigenvalue weighted by molar-refractivity contribution is 6.19. The topological polar surface area (TPSA) is 8.17 Å². The first kappa shape index (κ1) is 36.8. The molecule has 0 aliphatic heterocycles. The van der Waals surface area contributed by atoms with Gasteiger partial charge in [0.15, 0.2) is 0 Å². The molecule has 62 heavy (non-hydrogen) atoms. The van der Waals surface area contributed by atoms with Crippen LogP contribution in [0, 0.1) is 0 Å². The van der Waals surface area contributed by atoms with Crippen molar-refractivity contribution in [2.75, 3.05) is 4.90 Å². The summed E-state index contributed by atoms with van der Waals surface area (Å²) in [5, 5.41) is 2.46. The lowest BCUT2D eigenvalue weighted by Crippen LogP contribution is -2.11. The number of nitrogens with zero attached hydrogens (tertiary/aromatic N) is 2. The van der Waals surface area contributed by atoms with Crippen LogP contribution < -0.4 is 4.90 Å². The molecule has 0 aliphatic rings. The van der Waals surface area contributed by atoms with Crippen molar-refractivity contribution in [1.29, 1.82) is 0 Å². The van der Waals surface area contributed by atoms with Crippen LogP contribution in [-0.4, -0.2) is 4.57 Å². The van der Waals surface area contributed by atoms with Crippen LogP contribution in [0.25, 0.3) is 83.1 Å². The van der Waals surface area contributed by atoms with Gasteiger partial charge in [0.25, 0.3) is 0 Å². The molecule has 10 aromatic carbocycles. The second-order valence-corrected chi connectivity index (χ2v) is 15.7. The van der Waals surface area contributed by atoms with Gasteiger partial charge in [-0.3, -0.25) is 0 Å². The number of aromatic nitrogens is 1. The van der Waals surface area contributed by atoms with E-state index >= 15 is 0 Å². The monoisotopic (exact) mass is 790 g/mol. The van der Waals surface area contributed by atoms with Crippen LogP contribution in [0.15, 0.2) is 255 Å². The van der Waals surface area contributed by atoms with E-state index in [2.05, 4.69) is 264 Å². The molecule has 11 rings (SSSR count). The van der Waals surface area contributed by atoms with Gasteiger partial charge in [-0.15, -0.1) is 0 Å². The third-order valence-corrected chi connectivity index (χ3v) is 12.0. The highest BCUT2D eigenvalue weighted by Gasteiger charge is 2.22. The zero-order valence-corrected chi connectivity index (χ0v) is 34.1. The molecule has 0 fully saturated rings. The van der Waals surface area contributed by atoms with Gasteiger partial charge in [0, 0.05) is 39.0 Å². The van der Waals surface area contributed by atoms with Gasteiger partial charge in [-0.05, 0) is 93.0 Å². The highest BCUT2D eigenvalue weighted by atomic mass is 15.1. The quantitative estimate of drug-likeness (QED) is 0.141. The van der Waals surface area contributed by atoms with E-state index in [1.54, 1.807) is 0 Å². The molecule has 11 aromatic rings. The van der Waals surface area contributed by atoms with E-state index in [1.165, 1.54) is 71.9 Å². The molecule has 0 atom stereocenters. The number of hydrogen-bond acceptors (Lipinski definition) is 1. The van der Waals surface area contributed by atoms with Crippen LogP contribution in [0.5, 0.6) is 0 Å². The Bertz CT molecular complexity index is 3300. The van der Waals surface area contributed by atoms with Crippen molar-refractivity contribution in [3.05, 3.63) is 255 Å². The van der Waals surface area contributed by atoms with Crippen LogP contribution in [0.4, 0.5) is 17.1 Å². The third kappa shape index (κ3) is 6.74. The first-order valence-corrected chi connectivity index (χ1v) is 21.3. The van der Waals surface area contributed by atoms with Crippen LogP contribution >= 0.6 is 0 Å². The Kier molecular flexibility index (Phi) is 9.57. The largest absolute Gasteiger partial charge is 0.310 e. The van der Waals surface area contributed by atoms with Gasteiger partial charge in [0.05, 0.1) is 16.7 Å². The summed E-state index contributed by atoms with van der Waals surface area (Å²) < 4.78 is 2.44. The van der Waals surface area contributed by atoms with Gasteiger partial charge in [0.2, 0.25) is 0 Å². The summed E-state index contributed by atoms with van der Waals surface area (Å²) in [5.74, 6) is 0. The fourth-order valence-corrected chi connectivity index (χ4v) is 9.09. The van der Waals surface area contributed by atoms with Crippen LogP contribution in [-0.2, 0) is 0 Å². The number of benzene rings is 10. The SMILES string of the molecule is c1ccc(-c2ccc(-c3ccc(N(c4cccc(-c5ccc(-c6ccccc6)c6c5c5ccccc5n6-c5ccccc5)c4)c4ccccc4-c4ccccc4)cc3)cc2)cc1. The Morgan fingerprint density at radius 1 is 0.290 bits per heavy atom. The summed E-state index contributed by atoms with van der Waals surface area (Å²) in [4.78, 5) is 2.41. The van der Waals surface area contributed by atoms with Gasteiger partial charge in [-0.25, -0.2) is 0 Å². The number of hydrogen-bond donors (Lipinski definition) is 0. The molecule has 0 saturated heterocycles. The van der Waals surface area contributed by atoms with E-state index < -0.39 is 0 Å². The molecule has 0 spiro atoms. The van der Waals surface area contributed by atoms with Crippen LogP contribution in [0.2, 0.25) is 0 Å². The molecule has 292 valence electrons. The minimum absolute atomic E-state index is 1.08. The maximum Gasteiger partial charge on any atom is 0.0625 e. The maximum atomic E-state index is 2.44. The van der Waals surface area contributed by atoms with Crippen LogP contribution in [0.1, 0.15) is 0 Å². The molecule has 0 aliphatic carbocycles. The Balaban J connectivity index is 1.09. The van der Waals surface area contributed by atoms with Crippen molar-refractivity contribution in [1.82, 2.24) is 4.57 Å². The lowest BCUT2D eigenvalue weighted by molar-refractivity contribution is 1.18. The van der Waals surface area contributed by atoms with E-state index in [9.17, 15) is 0 Å². The molecule has 0 bridgehead atoms. The number of anilines is 3. The lowest BCUT2D eigenvalue weighted by atomic mass is 9.94. The van der Waals surface area contributed by atoms with Gasteiger partial charge < -0.3 is 9.47 Å². The second kappa shape index (κ2) is 16.1. The van der Waals surface area contributed by atoms with Crippen molar-refractivity contribution >= 4 is 38.9 Å². The minimum Gasteiger partial charge on any atom is -0.310 e. The Hall–Kier alpha value is -8.20. The van der Waals surface area contributed by atoms with Crippen molar-refractivity contribution in [2.24, 2.45) is 0 Å². The molecule has 0 radical (unpaired) electrons. The molecule has 0 N–H and O–H groups in total. The average molecular weight is 791 g/mol. The van der Waals surface area contributed by atoms with Crippen LogP contribution in [0.3, 0.4) is 0 Å². The molecule has 0 amide bonds. The summed E-state index contributed by atoms with van der Waals surface area (Å²) in [6, 6.07) is 92.0. The van der Waals surface area contributed by atoms with E-state index in [1.807, 2.05) is 0 Å². The van der Waals surface area contributed by atoms with Crippen molar-refractivity contribution in [2.45, 2.75) is 0 Å². The fourth-order valence-electron chi connectivity index (χ4n) is 9.09. The smallest absolute Gasteiger partial charge is 0.0625 e. The molecule has 2 heteroatoms. The summed E-state index contributed by atoms with van der Waals surface area (Å²) >= 11 is 0. The predicted octanol–water partition coefficient (Wildman–Crippen LogP) is 16.6. The van der Waals surface area contributed by atoms with E-state index in [0.29, 0.717) is 0 Å². The molecular formula is C60H42N2. The molecule has 0 unspecified atom stereocenters. The van der Waals surface area contributed by atoms with Crippen molar-refractivity contribution < 1.29 is 0 Å². The van der Waals surface area contributed by atoms with E-state index in [-0.39, 0.29) is 0 Å². The number of fused-ring (bicyclic) bond motifs is 3. The van der Waals surface area contributed by atoms with Gasteiger partial charge in [0.1, 0.15) is 0 Å². The zero-order valence-electron chi connectivity index (χ0n) is 34.1. The molecule has 1 heterocycles. The lowest BCUT2D eigenvalue weighted by Gasteiger charge is -2.28. The fraction of sp³-hybridized carbons (Fsp3) is 0. The van der Waals surface area contributed by atoms with Crippen molar-refractivity contribution in [3.63, 3.8) is 0 Å². The summed E-state index contributed by atoms with van der Waals surface area (Å²) in [7, 11) is 0.